The van der Waals surface area contributed by atoms with Gasteiger partial charge in [0.1, 0.15) is 17.3 Å². The zero-order chi connectivity index (χ0) is 31.3. The first-order valence-electron chi connectivity index (χ1n) is 16.1. The zero-order valence-corrected chi connectivity index (χ0v) is 26.2. The predicted molar refractivity (Wildman–Crippen MR) is 177 cm³/mol. The number of carboxylic acids is 1. The van der Waals surface area contributed by atoms with Crippen LogP contribution in [0.25, 0.3) is 22.0 Å². The Morgan fingerprint density at radius 3 is 2.64 bits per heavy atom. The van der Waals surface area contributed by atoms with E-state index in [4.69, 9.17) is 9.72 Å². The first kappa shape index (κ1) is 31.0. The highest BCUT2D eigenvalue weighted by atomic mass is 16.5. The number of carbonyl (C=O) groups is 1. The monoisotopic (exact) mass is 609 g/mol. The lowest BCUT2D eigenvalue weighted by Gasteiger charge is -2.32. The van der Waals surface area contributed by atoms with Gasteiger partial charge in [0.05, 0.1) is 12.7 Å². The third-order valence-electron chi connectivity index (χ3n) is 9.23. The van der Waals surface area contributed by atoms with E-state index in [0.717, 1.165) is 102 Å². The van der Waals surface area contributed by atoms with E-state index in [-0.39, 0.29) is 6.10 Å². The fraction of sp³-hybridized carbons (Fsp3) is 0.417. The van der Waals surface area contributed by atoms with Crippen LogP contribution in [0.15, 0.2) is 60.9 Å². The van der Waals surface area contributed by atoms with Crippen LogP contribution in [0, 0.1) is 13.8 Å². The van der Waals surface area contributed by atoms with Crippen molar-refractivity contribution in [3.05, 3.63) is 77.6 Å². The van der Waals surface area contributed by atoms with E-state index >= 15 is 0 Å². The number of aliphatic hydroxyl groups is 1. The summed E-state index contributed by atoms with van der Waals surface area (Å²) in [4.78, 5) is 25.5. The van der Waals surface area contributed by atoms with E-state index in [2.05, 4.69) is 59.4 Å². The van der Waals surface area contributed by atoms with Crippen LogP contribution in [0.4, 0.5) is 11.5 Å². The molecule has 236 valence electrons. The summed E-state index contributed by atoms with van der Waals surface area (Å²) in [5.74, 6) is 0.822. The lowest BCUT2D eigenvalue weighted by atomic mass is 9.95. The van der Waals surface area contributed by atoms with E-state index in [0.29, 0.717) is 25.4 Å². The Morgan fingerprint density at radius 1 is 1.02 bits per heavy atom. The second kappa shape index (κ2) is 13.9. The number of hydrogen-bond donors (Lipinski definition) is 3. The van der Waals surface area contributed by atoms with Crippen LogP contribution < -0.4 is 10.1 Å². The molecule has 9 nitrogen and oxygen atoms in total. The van der Waals surface area contributed by atoms with Gasteiger partial charge in [-0.05, 0) is 98.2 Å². The molecule has 3 N–H and O–H groups in total. The summed E-state index contributed by atoms with van der Waals surface area (Å²) < 4.78 is 6.22. The molecule has 2 fully saturated rings. The van der Waals surface area contributed by atoms with Crippen LogP contribution in [-0.4, -0.2) is 80.9 Å². The summed E-state index contributed by atoms with van der Waals surface area (Å²) in [5, 5.41) is 23.9. The number of likely N-dealkylation sites (tertiary alicyclic amines) is 2. The number of rotatable bonds is 11. The fourth-order valence-corrected chi connectivity index (χ4v) is 6.72. The number of aromatic nitrogens is 2. The van der Waals surface area contributed by atoms with Crippen molar-refractivity contribution in [1.82, 2.24) is 19.8 Å². The summed E-state index contributed by atoms with van der Waals surface area (Å²) in [6.07, 6.45) is 7.88. The number of β-amino-alcohol motifs (C(OH)–C–C–N with tert-alkyl or cyclic N) is 1. The second-order valence-corrected chi connectivity index (χ2v) is 12.4. The van der Waals surface area contributed by atoms with Crippen LogP contribution >= 0.6 is 0 Å². The van der Waals surface area contributed by atoms with Crippen molar-refractivity contribution in [2.45, 2.75) is 64.6 Å². The Kier molecular flexibility index (Phi) is 9.59. The largest absolute Gasteiger partial charge is 0.493 e. The number of fused-ring (bicyclic) bond motifs is 1. The van der Waals surface area contributed by atoms with Gasteiger partial charge in [0.2, 0.25) is 0 Å². The molecule has 45 heavy (non-hydrogen) atoms. The summed E-state index contributed by atoms with van der Waals surface area (Å²) in [7, 11) is 0. The highest BCUT2D eigenvalue weighted by molar-refractivity contribution is 5.91. The molecule has 0 spiro atoms. The lowest BCUT2D eigenvalue weighted by Crippen LogP contribution is -2.44. The number of nitrogens with zero attached hydrogens (tertiary/aromatic N) is 4. The van der Waals surface area contributed by atoms with Gasteiger partial charge in [-0.3, -0.25) is 14.7 Å². The van der Waals surface area contributed by atoms with E-state index in [1.807, 2.05) is 29.3 Å². The molecule has 0 saturated carbocycles. The Bertz CT molecular complexity index is 1660. The molecule has 0 radical (unpaired) electrons. The molecule has 2 aromatic heterocycles. The molecule has 4 heterocycles. The number of benzene rings is 2. The zero-order valence-electron chi connectivity index (χ0n) is 26.2. The van der Waals surface area contributed by atoms with Crippen LogP contribution in [0.5, 0.6) is 5.75 Å². The minimum Gasteiger partial charge on any atom is -0.493 e. The summed E-state index contributed by atoms with van der Waals surface area (Å²) in [6, 6.07) is 16.1. The van der Waals surface area contributed by atoms with Crippen LogP contribution in [0.2, 0.25) is 0 Å². The number of hydrogen-bond acceptors (Lipinski definition) is 8. The normalized spacial score (nSPS) is 19.2. The molecule has 2 unspecified atom stereocenters. The minimum absolute atomic E-state index is 0.191. The van der Waals surface area contributed by atoms with Gasteiger partial charge in [-0.25, -0.2) is 4.98 Å². The SMILES string of the molecule is Cc1c(Nc2nccc3cc(CN4CCCCC4C(=O)O)cnc23)cccc1-c1cccc(OCCCN2CCC(O)C2)c1C. The lowest BCUT2D eigenvalue weighted by molar-refractivity contribution is -0.144. The van der Waals surface area contributed by atoms with Crippen molar-refractivity contribution >= 4 is 28.4 Å². The first-order valence-corrected chi connectivity index (χ1v) is 16.1. The number of pyridine rings is 2. The summed E-state index contributed by atoms with van der Waals surface area (Å²) in [6.45, 7) is 8.86. The third-order valence-corrected chi connectivity index (χ3v) is 9.23. The number of anilines is 2. The van der Waals surface area contributed by atoms with Crippen LogP contribution in [0.3, 0.4) is 0 Å². The maximum absolute atomic E-state index is 11.8. The molecule has 2 atom stereocenters. The standard InChI is InChI=1S/C36H43N5O4/c1-24-29(30-9-6-12-33(25(30)2)45-19-7-16-40-18-14-28(42)23-40)8-5-10-31(24)39-35-34-27(13-15-37-35)20-26(21-38-34)22-41-17-4-3-11-32(41)36(43)44/h5-6,8-10,12-13,15,20-21,28,32,42H,3-4,7,11,14,16-19,22-23H2,1-2H3,(H,37,39)(H,43,44). The molecule has 4 aromatic rings. The van der Waals surface area contributed by atoms with Gasteiger partial charge in [-0.2, -0.15) is 0 Å². The van der Waals surface area contributed by atoms with Crippen molar-refractivity contribution in [1.29, 1.82) is 0 Å². The molecule has 6 rings (SSSR count). The van der Waals surface area contributed by atoms with Gasteiger partial charge in [-0.15, -0.1) is 0 Å². The number of piperidine rings is 1. The second-order valence-electron chi connectivity index (χ2n) is 12.4. The van der Waals surface area contributed by atoms with Gasteiger partial charge in [0.25, 0.3) is 0 Å². The average Bonchev–Trinajstić information content (AvgIpc) is 3.46. The van der Waals surface area contributed by atoms with Crippen molar-refractivity contribution in [3.63, 3.8) is 0 Å². The van der Waals surface area contributed by atoms with E-state index < -0.39 is 12.0 Å². The number of carboxylic acid groups (broad SMARTS) is 1. The molecule has 0 amide bonds. The highest BCUT2D eigenvalue weighted by Crippen LogP contribution is 2.36. The molecular weight excluding hydrogens is 566 g/mol. The smallest absolute Gasteiger partial charge is 0.320 e. The van der Waals surface area contributed by atoms with Gasteiger partial charge in [0.15, 0.2) is 5.82 Å². The number of nitrogens with one attached hydrogen (secondary N) is 1. The van der Waals surface area contributed by atoms with Crippen LogP contribution in [0.1, 0.15) is 48.8 Å². The van der Waals surface area contributed by atoms with E-state index in [9.17, 15) is 15.0 Å². The quantitative estimate of drug-likeness (QED) is 0.178. The van der Waals surface area contributed by atoms with E-state index in [1.165, 1.54) is 0 Å². The maximum atomic E-state index is 11.8. The summed E-state index contributed by atoms with van der Waals surface area (Å²) >= 11 is 0. The summed E-state index contributed by atoms with van der Waals surface area (Å²) in [5.41, 5.74) is 7.18. The minimum atomic E-state index is -0.749. The first-order chi connectivity index (χ1) is 21.9. The number of aliphatic hydroxyl groups excluding tert-OH is 1. The molecular formula is C36H43N5O4. The molecule has 2 aliphatic heterocycles. The predicted octanol–water partition coefficient (Wildman–Crippen LogP) is 5.93. The Hall–Kier alpha value is -4.05. The molecule has 0 aliphatic carbocycles. The van der Waals surface area contributed by atoms with Crippen molar-refractivity contribution in [2.24, 2.45) is 0 Å². The number of ether oxygens (including phenoxy) is 1. The topological polar surface area (TPSA) is 111 Å². The molecule has 2 aliphatic rings. The van der Waals surface area contributed by atoms with Crippen molar-refractivity contribution in [3.8, 4) is 16.9 Å². The molecule has 9 heteroatoms. The Balaban J connectivity index is 1.17. The van der Waals surface area contributed by atoms with Crippen molar-refractivity contribution < 1.29 is 19.7 Å². The van der Waals surface area contributed by atoms with Gasteiger partial charge >= 0.3 is 5.97 Å². The van der Waals surface area contributed by atoms with Crippen molar-refractivity contribution in [2.75, 3.05) is 38.1 Å². The molecule has 0 bridgehead atoms. The Labute approximate surface area is 264 Å². The van der Waals surface area contributed by atoms with Crippen LogP contribution in [-0.2, 0) is 11.3 Å². The fourth-order valence-electron chi connectivity index (χ4n) is 6.72. The van der Waals surface area contributed by atoms with Gasteiger partial charge < -0.3 is 25.2 Å². The molecule has 2 aromatic carbocycles. The maximum Gasteiger partial charge on any atom is 0.320 e. The highest BCUT2D eigenvalue weighted by Gasteiger charge is 2.28. The number of aliphatic carboxylic acids is 1. The van der Waals surface area contributed by atoms with Gasteiger partial charge in [-0.1, -0.05) is 30.7 Å². The average molecular weight is 610 g/mol. The third kappa shape index (κ3) is 7.11. The van der Waals surface area contributed by atoms with Gasteiger partial charge in [0, 0.05) is 49.6 Å². The van der Waals surface area contributed by atoms with E-state index in [1.54, 1.807) is 6.20 Å². The Morgan fingerprint density at radius 2 is 1.84 bits per heavy atom. The molecule has 2 saturated heterocycles.